The van der Waals surface area contributed by atoms with Crippen LogP contribution in [0.5, 0.6) is 0 Å². The Bertz CT molecular complexity index is 1230. The second kappa shape index (κ2) is 10.4. The number of carbonyl (C=O) groups is 3. The number of carbonyl (C=O) groups excluding carboxylic acids is 3. The maximum absolute atomic E-state index is 13.1. The quantitative estimate of drug-likeness (QED) is 0.380. The van der Waals surface area contributed by atoms with Crippen molar-refractivity contribution < 1.29 is 14.4 Å². The van der Waals surface area contributed by atoms with Crippen LogP contribution in [0, 0.1) is 6.92 Å². The first-order valence-corrected chi connectivity index (χ1v) is 10.7. The molecular formula is C24H27N5O4. The molecule has 33 heavy (non-hydrogen) atoms. The van der Waals surface area contributed by atoms with E-state index < -0.39 is 17.7 Å². The van der Waals surface area contributed by atoms with Crippen LogP contribution in [0.1, 0.15) is 35.8 Å². The Balaban J connectivity index is 1.83. The van der Waals surface area contributed by atoms with Crippen LogP contribution in [0.4, 0.5) is 11.4 Å². The average Bonchev–Trinajstić information content (AvgIpc) is 3.03. The first-order valence-electron chi connectivity index (χ1n) is 10.7. The van der Waals surface area contributed by atoms with Crippen LogP contribution >= 0.6 is 0 Å². The van der Waals surface area contributed by atoms with Crippen LogP contribution in [0.15, 0.2) is 59.4 Å². The van der Waals surface area contributed by atoms with E-state index in [1.807, 2.05) is 25.1 Å². The molecule has 9 heteroatoms. The van der Waals surface area contributed by atoms with E-state index in [4.69, 9.17) is 0 Å². The summed E-state index contributed by atoms with van der Waals surface area (Å²) >= 11 is 0. The number of nitrogens with zero attached hydrogens (tertiary/aromatic N) is 2. The molecule has 9 nitrogen and oxygen atoms in total. The molecule has 0 aliphatic heterocycles. The summed E-state index contributed by atoms with van der Waals surface area (Å²) in [5.41, 5.74) is 1.27. The second-order valence-corrected chi connectivity index (χ2v) is 7.50. The molecule has 3 aromatic rings. The Morgan fingerprint density at radius 1 is 0.909 bits per heavy atom. The minimum Gasteiger partial charge on any atom is -0.348 e. The lowest BCUT2D eigenvalue weighted by Crippen LogP contribution is -2.36. The number of anilines is 2. The summed E-state index contributed by atoms with van der Waals surface area (Å²) in [7, 11) is 1.73. The van der Waals surface area contributed by atoms with Crippen molar-refractivity contribution in [3.63, 3.8) is 0 Å². The summed E-state index contributed by atoms with van der Waals surface area (Å²) in [5.74, 6) is -2.22. The van der Waals surface area contributed by atoms with Crippen molar-refractivity contribution in [1.82, 2.24) is 14.7 Å². The third kappa shape index (κ3) is 5.20. The number of hydrogen-bond donors (Lipinski definition) is 3. The largest absolute Gasteiger partial charge is 0.348 e. The van der Waals surface area contributed by atoms with E-state index in [-0.39, 0.29) is 22.5 Å². The van der Waals surface area contributed by atoms with Gasteiger partial charge in [-0.2, -0.15) is 0 Å². The third-order valence-corrected chi connectivity index (χ3v) is 5.23. The van der Waals surface area contributed by atoms with Gasteiger partial charge in [0.25, 0.3) is 11.5 Å². The lowest BCUT2D eigenvalue weighted by atomic mass is 10.1. The molecule has 0 fully saturated rings. The molecule has 0 radical (unpaired) electrons. The predicted octanol–water partition coefficient (Wildman–Crippen LogP) is 2.59. The van der Waals surface area contributed by atoms with Gasteiger partial charge in [0.05, 0.1) is 22.6 Å². The number of aromatic nitrogens is 2. The van der Waals surface area contributed by atoms with Crippen LogP contribution < -0.4 is 21.5 Å². The van der Waals surface area contributed by atoms with Gasteiger partial charge < -0.3 is 16.0 Å². The molecule has 172 valence electrons. The standard InChI is InChI=1S/C24H27N5O4/c1-4-5-15-25-22(31)23(32)26-19-14-10-9-13-18(19)21(30)27-20-16(2)28(3)29(24(20)33)17-11-7-6-8-12-17/h6-14H,4-5,15H2,1-3H3,(H,25,31)(H,26,32)(H,27,30). The van der Waals surface area contributed by atoms with E-state index in [0.29, 0.717) is 17.9 Å². The van der Waals surface area contributed by atoms with Crippen LogP contribution in [0.3, 0.4) is 0 Å². The Labute approximate surface area is 191 Å². The molecule has 0 spiro atoms. The Morgan fingerprint density at radius 3 is 2.27 bits per heavy atom. The number of hydrogen-bond acceptors (Lipinski definition) is 4. The summed E-state index contributed by atoms with van der Waals surface area (Å²) in [5, 5.41) is 7.67. The van der Waals surface area contributed by atoms with Crippen molar-refractivity contribution in [2.45, 2.75) is 26.7 Å². The van der Waals surface area contributed by atoms with Gasteiger partial charge in [-0.3, -0.25) is 23.9 Å². The fourth-order valence-electron chi connectivity index (χ4n) is 3.32. The Kier molecular flexibility index (Phi) is 7.45. The maximum Gasteiger partial charge on any atom is 0.313 e. The normalized spacial score (nSPS) is 10.5. The molecule has 0 unspecified atom stereocenters. The molecule has 0 saturated heterocycles. The molecule has 0 aliphatic rings. The van der Waals surface area contributed by atoms with Crippen molar-refractivity contribution in [2.75, 3.05) is 17.2 Å². The summed E-state index contributed by atoms with van der Waals surface area (Å²) in [6, 6.07) is 15.4. The van der Waals surface area contributed by atoms with Crippen LogP contribution in [0.25, 0.3) is 5.69 Å². The summed E-state index contributed by atoms with van der Waals surface area (Å²) in [6.45, 7) is 4.10. The van der Waals surface area contributed by atoms with Crippen molar-refractivity contribution in [3.8, 4) is 5.69 Å². The number of benzene rings is 2. The van der Waals surface area contributed by atoms with Gasteiger partial charge >= 0.3 is 11.8 Å². The SMILES string of the molecule is CCCCNC(=O)C(=O)Nc1ccccc1C(=O)Nc1c(C)n(C)n(-c2ccccc2)c1=O. The van der Waals surface area contributed by atoms with Gasteiger partial charge in [-0.05, 0) is 37.6 Å². The van der Waals surface area contributed by atoms with E-state index >= 15 is 0 Å². The van der Waals surface area contributed by atoms with Crippen molar-refractivity contribution in [1.29, 1.82) is 0 Å². The number of nitrogens with one attached hydrogen (secondary N) is 3. The van der Waals surface area contributed by atoms with Crippen LogP contribution in [-0.4, -0.2) is 33.6 Å². The molecular weight excluding hydrogens is 422 g/mol. The van der Waals surface area contributed by atoms with Gasteiger partial charge in [0.15, 0.2) is 0 Å². The van der Waals surface area contributed by atoms with Gasteiger partial charge in [0.2, 0.25) is 0 Å². The van der Waals surface area contributed by atoms with E-state index in [0.717, 1.165) is 12.8 Å². The van der Waals surface area contributed by atoms with Crippen molar-refractivity contribution in [2.24, 2.45) is 7.05 Å². The summed E-state index contributed by atoms with van der Waals surface area (Å²) < 4.78 is 3.11. The van der Waals surface area contributed by atoms with Crippen molar-refractivity contribution in [3.05, 3.63) is 76.2 Å². The van der Waals surface area contributed by atoms with E-state index in [2.05, 4.69) is 16.0 Å². The molecule has 0 aliphatic carbocycles. The maximum atomic E-state index is 13.1. The zero-order chi connectivity index (χ0) is 24.0. The molecule has 3 amide bonds. The first kappa shape index (κ1) is 23.5. The molecule has 0 bridgehead atoms. The number of rotatable bonds is 7. The molecule has 0 atom stereocenters. The highest BCUT2D eigenvalue weighted by atomic mass is 16.2. The number of para-hydroxylation sites is 2. The van der Waals surface area contributed by atoms with Crippen LogP contribution in [0.2, 0.25) is 0 Å². The van der Waals surface area contributed by atoms with Gasteiger partial charge in [-0.25, -0.2) is 4.68 Å². The zero-order valence-electron chi connectivity index (χ0n) is 18.8. The zero-order valence-corrected chi connectivity index (χ0v) is 18.8. The number of amides is 3. The van der Waals surface area contributed by atoms with Crippen molar-refractivity contribution >= 4 is 29.1 Å². The first-order chi connectivity index (χ1) is 15.8. The van der Waals surface area contributed by atoms with E-state index in [9.17, 15) is 19.2 Å². The highest BCUT2D eigenvalue weighted by Crippen LogP contribution is 2.19. The fourth-order valence-corrected chi connectivity index (χ4v) is 3.32. The lowest BCUT2D eigenvalue weighted by Gasteiger charge is -2.11. The third-order valence-electron chi connectivity index (χ3n) is 5.23. The fraction of sp³-hybridized carbons (Fsp3) is 0.250. The molecule has 1 aromatic heterocycles. The summed E-state index contributed by atoms with van der Waals surface area (Å²) in [6.07, 6.45) is 1.64. The number of unbranched alkanes of at least 4 members (excludes halogenated alkanes) is 1. The Hall–Kier alpha value is -4.14. The van der Waals surface area contributed by atoms with Gasteiger partial charge in [0, 0.05) is 13.6 Å². The molecule has 2 aromatic carbocycles. The smallest absolute Gasteiger partial charge is 0.313 e. The second-order valence-electron chi connectivity index (χ2n) is 7.50. The van der Waals surface area contributed by atoms with Gasteiger partial charge in [0.1, 0.15) is 5.69 Å². The van der Waals surface area contributed by atoms with Gasteiger partial charge in [-0.15, -0.1) is 0 Å². The highest BCUT2D eigenvalue weighted by Gasteiger charge is 2.21. The topological polar surface area (TPSA) is 114 Å². The monoisotopic (exact) mass is 449 g/mol. The molecule has 1 heterocycles. The lowest BCUT2D eigenvalue weighted by molar-refractivity contribution is -0.136. The average molecular weight is 450 g/mol. The van der Waals surface area contributed by atoms with Gasteiger partial charge in [-0.1, -0.05) is 43.7 Å². The highest BCUT2D eigenvalue weighted by molar-refractivity contribution is 6.40. The molecule has 3 N–H and O–H groups in total. The van der Waals surface area contributed by atoms with E-state index in [1.54, 1.807) is 42.9 Å². The minimum atomic E-state index is -0.867. The molecule has 3 rings (SSSR count). The summed E-state index contributed by atoms with van der Waals surface area (Å²) in [4.78, 5) is 50.3. The molecule has 0 saturated carbocycles. The minimum absolute atomic E-state index is 0.126. The van der Waals surface area contributed by atoms with E-state index in [1.165, 1.54) is 16.8 Å². The van der Waals surface area contributed by atoms with Crippen LogP contribution in [-0.2, 0) is 16.6 Å². The predicted molar refractivity (Wildman–Crippen MR) is 127 cm³/mol. The Morgan fingerprint density at radius 2 is 1.58 bits per heavy atom.